The number of amides is 2. The predicted molar refractivity (Wildman–Crippen MR) is 78.4 cm³/mol. The Morgan fingerprint density at radius 2 is 2.09 bits per heavy atom. The molecule has 1 atom stereocenters. The first-order valence-corrected chi connectivity index (χ1v) is 6.96. The van der Waals surface area contributed by atoms with Crippen LogP contribution in [0.5, 0.6) is 0 Å². The van der Waals surface area contributed by atoms with E-state index in [9.17, 15) is 18.0 Å². The van der Waals surface area contributed by atoms with Crippen LogP contribution in [-0.4, -0.2) is 15.8 Å². The van der Waals surface area contributed by atoms with E-state index in [-0.39, 0.29) is 6.54 Å². The summed E-state index contributed by atoms with van der Waals surface area (Å²) < 4.78 is 39.7. The Kier molecular flexibility index (Phi) is 4.92. The lowest BCUT2D eigenvalue weighted by Crippen LogP contribution is -2.37. The molecule has 2 aromatic rings. The Morgan fingerprint density at radius 3 is 2.70 bits per heavy atom. The molecule has 1 heterocycles. The van der Waals surface area contributed by atoms with Crippen LogP contribution in [0.1, 0.15) is 29.8 Å². The summed E-state index contributed by atoms with van der Waals surface area (Å²) in [5.41, 5.74) is 0.460. The minimum atomic E-state index is -4.41. The van der Waals surface area contributed by atoms with E-state index in [0.717, 1.165) is 17.8 Å². The smallest absolute Gasteiger partial charge is 0.333 e. The van der Waals surface area contributed by atoms with Crippen LogP contribution in [0, 0.1) is 0 Å². The third-order valence-corrected chi connectivity index (χ3v) is 3.41. The molecule has 2 amide bonds. The van der Waals surface area contributed by atoms with Gasteiger partial charge in [-0.05, 0) is 30.7 Å². The van der Waals surface area contributed by atoms with Crippen molar-refractivity contribution in [2.24, 2.45) is 7.05 Å². The number of benzene rings is 1. The second-order valence-electron chi connectivity index (χ2n) is 5.12. The largest absolute Gasteiger partial charge is 0.416 e. The number of alkyl halides is 3. The molecule has 1 unspecified atom stereocenters. The number of urea groups is 1. The van der Waals surface area contributed by atoms with E-state index >= 15 is 0 Å². The fourth-order valence-corrected chi connectivity index (χ4v) is 2.06. The molecule has 0 fully saturated rings. The van der Waals surface area contributed by atoms with E-state index < -0.39 is 23.8 Å². The quantitative estimate of drug-likeness (QED) is 0.907. The van der Waals surface area contributed by atoms with Gasteiger partial charge >= 0.3 is 12.2 Å². The van der Waals surface area contributed by atoms with Crippen molar-refractivity contribution in [2.75, 3.05) is 0 Å². The average Bonchev–Trinajstić information content (AvgIpc) is 2.89. The Balaban J connectivity index is 1.94. The summed E-state index contributed by atoms with van der Waals surface area (Å²) in [6.45, 7) is 1.90. The van der Waals surface area contributed by atoms with Crippen molar-refractivity contribution >= 4 is 6.03 Å². The minimum Gasteiger partial charge on any atom is -0.333 e. The van der Waals surface area contributed by atoms with Crippen LogP contribution in [0.2, 0.25) is 0 Å². The standard InChI is InChI=1S/C15H17F3N4O/c1-10(11-4-3-5-12(8-11)15(16,17)18)21-14(23)19-9-13-6-7-20-22(13)2/h3-8,10H,9H2,1-2H3,(H2,19,21,23). The molecule has 2 N–H and O–H groups in total. The number of aromatic nitrogens is 2. The van der Waals surface area contributed by atoms with E-state index in [1.807, 2.05) is 0 Å². The van der Waals surface area contributed by atoms with Gasteiger partial charge in [0.05, 0.1) is 23.8 Å². The van der Waals surface area contributed by atoms with Gasteiger partial charge < -0.3 is 10.6 Å². The summed E-state index contributed by atoms with van der Waals surface area (Å²) in [4.78, 5) is 11.8. The number of hydrogen-bond acceptors (Lipinski definition) is 2. The van der Waals surface area contributed by atoms with Crippen LogP contribution in [0.15, 0.2) is 36.5 Å². The Hall–Kier alpha value is -2.51. The highest BCUT2D eigenvalue weighted by Crippen LogP contribution is 2.30. The van der Waals surface area contributed by atoms with E-state index in [2.05, 4.69) is 15.7 Å². The van der Waals surface area contributed by atoms with Gasteiger partial charge in [0.25, 0.3) is 0 Å². The van der Waals surface area contributed by atoms with Gasteiger partial charge in [0, 0.05) is 13.2 Å². The number of nitrogens with zero attached hydrogens (tertiary/aromatic N) is 2. The van der Waals surface area contributed by atoms with Crippen LogP contribution < -0.4 is 10.6 Å². The maximum absolute atomic E-state index is 12.7. The molecule has 0 aliphatic rings. The van der Waals surface area contributed by atoms with E-state index in [1.165, 1.54) is 6.07 Å². The first-order chi connectivity index (χ1) is 10.8. The Bertz CT molecular complexity index is 681. The molecular weight excluding hydrogens is 309 g/mol. The fraction of sp³-hybridized carbons (Fsp3) is 0.333. The summed E-state index contributed by atoms with van der Waals surface area (Å²) in [5.74, 6) is 0. The minimum absolute atomic E-state index is 0.275. The van der Waals surface area contributed by atoms with E-state index in [1.54, 1.807) is 37.0 Å². The summed E-state index contributed by atoms with van der Waals surface area (Å²) in [5, 5.41) is 9.22. The molecule has 0 aliphatic carbocycles. The van der Waals surface area contributed by atoms with Crippen molar-refractivity contribution in [1.29, 1.82) is 0 Å². The zero-order chi connectivity index (χ0) is 17.0. The number of carbonyl (C=O) groups is 1. The SMILES string of the molecule is CC(NC(=O)NCc1ccnn1C)c1cccc(C(F)(F)F)c1. The summed E-state index contributed by atoms with van der Waals surface area (Å²) in [7, 11) is 1.75. The van der Waals surface area contributed by atoms with Crippen molar-refractivity contribution in [2.45, 2.75) is 25.7 Å². The topological polar surface area (TPSA) is 59.0 Å². The normalized spacial score (nSPS) is 12.7. The molecule has 0 saturated heterocycles. The number of halogens is 3. The number of hydrogen-bond donors (Lipinski definition) is 2. The third kappa shape index (κ3) is 4.48. The van der Waals surface area contributed by atoms with Crippen LogP contribution >= 0.6 is 0 Å². The summed E-state index contributed by atoms with van der Waals surface area (Å²) in [6, 6.07) is 5.65. The van der Waals surface area contributed by atoms with Gasteiger partial charge in [-0.15, -0.1) is 0 Å². The summed E-state index contributed by atoms with van der Waals surface area (Å²) >= 11 is 0. The molecule has 8 heteroatoms. The fourth-order valence-electron chi connectivity index (χ4n) is 2.06. The molecule has 0 spiro atoms. The van der Waals surface area contributed by atoms with Gasteiger partial charge in [-0.3, -0.25) is 4.68 Å². The molecule has 2 rings (SSSR count). The molecular formula is C15H17F3N4O. The van der Waals surface area contributed by atoms with Crippen LogP contribution in [-0.2, 0) is 19.8 Å². The highest BCUT2D eigenvalue weighted by Gasteiger charge is 2.30. The first-order valence-electron chi connectivity index (χ1n) is 6.96. The van der Waals surface area contributed by atoms with Gasteiger partial charge in [0.1, 0.15) is 0 Å². The molecule has 1 aromatic carbocycles. The average molecular weight is 326 g/mol. The van der Waals surface area contributed by atoms with Crippen molar-refractivity contribution in [3.05, 3.63) is 53.3 Å². The van der Waals surface area contributed by atoms with Gasteiger partial charge in [0.15, 0.2) is 0 Å². The highest BCUT2D eigenvalue weighted by atomic mass is 19.4. The molecule has 0 aliphatic heterocycles. The molecule has 0 radical (unpaired) electrons. The number of nitrogens with one attached hydrogen (secondary N) is 2. The van der Waals surface area contributed by atoms with Crippen LogP contribution in [0.3, 0.4) is 0 Å². The molecule has 0 saturated carbocycles. The van der Waals surface area contributed by atoms with Gasteiger partial charge in [-0.25, -0.2) is 4.79 Å². The van der Waals surface area contributed by atoms with Crippen molar-refractivity contribution in [3.8, 4) is 0 Å². The maximum atomic E-state index is 12.7. The Morgan fingerprint density at radius 1 is 1.35 bits per heavy atom. The zero-order valence-corrected chi connectivity index (χ0v) is 12.7. The second-order valence-corrected chi connectivity index (χ2v) is 5.12. The lowest BCUT2D eigenvalue weighted by molar-refractivity contribution is -0.137. The van der Waals surface area contributed by atoms with Crippen molar-refractivity contribution < 1.29 is 18.0 Å². The monoisotopic (exact) mass is 326 g/mol. The van der Waals surface area contributed by atoms with Gasteiger partial charge in [0.2, 0.25) is 0 Å². The third-order valence-electron chi connectivity index (χ3n) is 3.41. The molecule has 124 valence electrons. The van der Waals surface area contributed by atoms with Crippen LogP contribution in [0.4, 0.5) is 18.0 Å². The lowest BCUT2D eigenvalue weighted by atomic mass is 10.1. The van der Waals surface area contributed by atoms with Gasteiger partial charge in [-0.2, -0.15) is 18.3 Å². The van der Waals surface area contributed by atoms with Crippen LogP contribution in [0.25, 0.3) is 0 Å². The van der Waals surface area contributed by atoms with Crippen molar-refractivity contribution in [3.63, 3.8) is 0 Å². The molecule has 5 nitrogen and oxygen atoms in total. The molecule has 23 heavy (non-hydrogen) atoms. The van der Waals surface area contributed by atoms with E-state index in [0.29, 0.717) is 5.56 Å². The zero-order valence-electron chi connectivity index (χ0n) is 12.7. The first kappa shape index (κ1) is 16.9. The predicted octanol–water partition coefficient (Wildman–Crippen LogP) is 3.00. The number of carbonyl (C=O) groups excluding carboxylic acids is 1. The van der Waals surface area contributed by atoms with Crippen molar-refractivity contribution in [1.82, 2.24) is 20.4 Å². The number of aryl methyl sites for hydroxylation is 1. The Labute approximate surface area is 131 Å². The van der Waals surface area contributed by atoms with E-state index in [4.69, 9.17) is 0 Å². The summed E-state index contributed by atoms with van der Waals surface area (Å²) in [6.07, 6.45) is -2.79. The van der Waals surface area contributed by atoms with Gasteiger partial charge in [-0.1, -0.05) is 12.1 Å². The number of rotatable bonds is 4. The lowest BCUT2D eigenvalue weighted by Gasteiger charge is -2.16. The molecule has 1 aromatic heterocycles. The highest BCUT2D eigenvalue weighted by molar-refractivity contribution is 5.74. The maximum Gasteiger partial charge on any atom is 0.416 e. The molecule has 0 bridgehead atoms. The second kappa shape index (κ2) is 6.72.